The molecule has 3 aromatic rings. The number of rotatable bonds is 7. The highest BCUT2D eigenvalue weighted by atomic mass is 35.5. The molecule has 0 aliphatic heterocycles. The number of fused-ring (bicyclic) bond motifs is 1. The Labute approximate surface area is 192 Å². The Balaban J connectivity index is 1.39. The fourth-order valence-electron chi connectivity index (χ4n) is 4.52. The van der Waals surface area contributed by atoms with E-state index < -0.39 is 5.92 Å². The maximum Gasteiger partial charge on any atom is 0.309 e. The first-order chi connectivity index (χ1) is 15.5. The van der Waals surface area contributed by atoms with Crippen molar-refractivity contribution in [3.63, 3.8) is 0 Å². The highest BCUT2D eigenvalue weighted by Crippen LogP contribution is 2.31. The lowest BCUT2D eigenvalue weighted by atomic mass is 9.82. The second kappa shape index (κ2) is 10.2. The zero-order chi connectivity index (χ0) is 22.5. The largest absolute Gasteiger partial charge is 0.469 e. The van der Waals surface area contributed by atoms with Crippen LogP contribution in [0.25, 0.3) is 22.4 Å². The number of methoxy groups -OCH3 is 1. The van der Waals surface area contributed by atoms with E-state index in [0.717, 1.165) is 41.7 Å². The average Bonchev–Trinajstić information content (AvgIpc) is 3.22. The van der Waals surface area contributed by atoms with Crippen LogP contribution in [0.2, 0.25) is 5.02 Å². The quantitative estimate of drug-likeness (QED) is 0.431. The van der Waals surface area contributed by atoms with Gasteiger partial charge in [0.05, 0.1) is 24.1 Å². The first-order valence-electron chi connectivity index (χ1n) is 11.1. The molecule has 6 nitrogen and oxygen atoms in total. The smallest absolute Gasteiger partial charge is 0.309 e. The zero-order valence-electron chi connectivity index (χ0n) is 18.2. The van der Waals surface area contributed by atoms with Crippen LogP contribution in [0.5, 0.6) is 0 Å². The van der Waals surface area contributed by atoms with Crippen LogP contribution >= 0.6 is 11.6 Å². The van der Waals surface area contributed by atoms with Crippen LogP contribution in [-0.2, 0) is 14.3 Å². The summed E-state index contributed by atoms with van der Waals surface area (Å²) < 4.78 is 4.96. The lowest BCUT2D eigenvalue weighted by molar-refractivity contribution is -0.147. The number of carbonyl (C=O) groups excluding carboxylic acids is 2. The minimum atomic E-state index is -0.398. The van der Waals surface area contributed by atoms with Gasteiger partial charge in [0.25, 0.3) is 0 Å². The van der Waals surface area contributed by atoms with E-state index in [-0.39, 0.29) is 18.3 Å². The molecule has 1 amide bonds. The van der Waals surface area contributed by atoms with E-state index in [1.54, 1.807) is 0 Å². The Morgan fingerprint density at radius 3 is 2.62 bits per heavy atom. The van der Waals surface area contributed by atoms with E-state index in [9.17, 15) is 9.59 Å². The second-order valence-electron chi connectivity index (χ2n) is 8.54. The van der Waals surface area contributed by atoms with E-state index in [2.05, 4.69) is 15.3 Å². The van der Waals surface area contributed by atoms with Crippen LogP contribution in [0.3, 0.4) is 0 Å². The number of H-pyrrole nitrogens is 1. The number of imidazole rings is 1. The molecule has 1 saturated carbocycles. The van der Waals surface area contributed by atoms with Crippen LogP contribution in [0.15, 0.2) is 42.5 Å². The number of nitrogens with zero attached hydrogens (tertiary/aromatic N) is 1. The SMILES string of the molecule is COC(=O)[C@@H](CC(=O)Nc1ccc(-c2nc3ccc(Cl)cc3[nH]2)cc1)CC1CCCCC1. The molecule has 0 unspecified atom stereocenters. The molecule has 1 aliphatic rings. The van der Waals surface area contributed by atoms with Gasteiger partial charge in [0.15, 0.2) is 0 Å². The van der Waals surface area contributed by atoms with Crippen LogP contribution < -0.4 is 5.32 Å². The van der Waals surface area contributed by atoms with Crippen molar-refractivity contribution >= 4 is 40.2 Å². The number of amides is 1. The summed E-state index contributed by atoms with van der Waals surface area (Å²) in [6.45, 7) is 0. The Morgan fingerprint density at radius 1 is 1.16 bits per heavy atom. The predicted molar refractivity (Wildman–Crippen MR) is 126 cm³/mol. The number of hydrogen-bond donors (Lipinski definition) is 2. The normalized spacial score (nSPS) is 15.4. The molecule has 0 saturated heterocycles. The van der Waals surface area contributed by atoms with Gasteiger partial charge in [0, 0.05) is 22.7 Å². The van der Waals surface area contributed by atoms with Crippen molar-refractivity contribution in [2.75, 3.05) is 12.4 Å². The van der Waals surface area contributed by atoms with Crippen molar-refractivity contribution in [1.82, 2.24) is 9.97 Å². The molecule has 1 aromatic heterocycles. The van der Waals surface area contributed by atoms with Gasteiger partial charge in [-0.15, -0.1) is 0 Å². The number of anilines is 1. The van der Waals surface area contributed by atoms with Crippen molar-refractivity contribution in [2.45, 2.75) is 44.9 Å². The summed E-state index contributed by atoms with van der Waals surface area (Å²) in [5, 5.41) is 3.56. The van der Waals surface area contributed by atoms with E-state index >= 15 is 0 Å². The predicted octanol–water partition coefficient (Wildman–Crippen LogP) is 5.97. The summed E-state index contributed by atoms with van der Waals surface area (Å²) in [6, 6.07) is 13.0. The van der Waals surface area contributed by atoms with Crippen LogP contribution in [0, 0.1) is 11.8 Å². The fourth-order valence-corrected chi connectivity index (χ4v) is 4.69. The highest BCUT2D eigenvalue weighted by Gasteiger charge is 2.27. The number of esters is 1. The van der Waals surface area contributed by atoms with E-state index in [1.807, 2.05) is 42.5 Å². The van der Waals surface area contributed by atoms with Gasteiger partial charge < -0.3 is 15.0 Å². The molecule has 2 aromatic carbocycles. The first-order valence-corrected chi connectivity index (χ1v) is 11.5. The Bertz CT molecular complexity index is 1090. The lowest BCUT2D eigenvalue weighted by Gasteiger charge is -2.25. The number of nitrogens with one attached hydrogen (secondary N) is 2. The third kappa shape index (κ3) is 5.49. The van der Waals surface area contributed by atoms with E-state index in [0.29, 0.717) is 16.6 Å². The molecule has 1 fully saturated rings. The number of halogens is 1. The minimum absolute atomic E-state index is 0.134. The van der Waals surface area contributed by atoms with E-state index in [1.165, 1.54) is 26.4 Å². The van der Waals surface area contributed by atoms with Gasteiger partial charge in [-0.05, 0) is 54.8 Å². The topological polar surface area (TPSA) is 84.1 Å². The summed E-state index contributed by atoms with van der Waals surface area (Å²) in [6.07, 6.45) is 6.78. The summed E-state index contributed by atoms with van der Waals surface area (Å²) in [4.78, 5) is 32.7. The van der Waals surface area contributed by atoms with Gasteiger partial charge in [0.1, 0.15) is 5.82 Å². The maximum atomic E-state index is 12.6. The van der Waals surface area contributed by atoms with Gasteiger partial charge in [-0.3, -0.25) is 9.59 Å². The Morgan fingerprint density at radius 2 is 1.91 bits per heavy atom. The Hall–Kier alpha value is -2.86. The second-order valence-corrected chi connectivity index (χ2v) is 8.97. The van der Waals surface area contributed by atoms with Crippen molar-refractivity contribution < 1.29 is 14.3 Å². The monoisotopic (exact) mass is 453 g/mol. The van der Waals surface area contributed by atoms with Crippen molar-refractivity contribution in [1.29, 1.82) is 0 Å². The summed E-state index contributed by atoms with van der Waals surface area (Å²) in [5.74, 6) is 0.357. The molecule has 7 heteroatoms. The van der Waals surface area contributed by atoms with Crippen LogP contribution in [0.1, 0.15) is 44.9 Å². The minimum Gasteiger partial charge on any atom is -0.469 e. The molecular weight excluding hydrogens is 426 g/mol. The molecule has 1 atom stereocenters. The number of benzene rings is 2. The molecule has 0 bridgehead atoms. The van der Waals surface area contributed by atoms with Gasteiger partial charge in [-0.2, -0.15) is 0 Å². The number of aromatic amines is 1. The molecule has 4 rings (SSSR count). The fraction of sp³-hybridized carbons (Fsp3) is 0.400. The van der Waals surface area contributed by atoms with Gasteiger partial charge in [0.2, 0.25) is 5.91 Å². The van der Waals surface area contributed by atoms with Crippen molar-refractivity contribution in [3.05, 3.63) is 47.5 Å². The van der Waals surface area contributed by atoms with E-state index in [4.69, 9.17) is 16.3 Å². The molecule has 0 radical (unpaired) electrons. The summed E-state index contributed by atoms with van der Waals surface area (Å²) >= 11 is 6.05. The number of aromatic nitrogens is 2. The standard InChI is InChI=1S/C25H28ClN3O3/c1-32-25(31)18(13-16-5-3-2-4-6-16)14-23(30)27-20-10-7-17(8-11-20)24-28-21-12-9-19(26)15-22(21)29-24/h7-12,15-16,18H,2-6,13-14H2,1H3,(H,27,30)(H,28,29)/t18-/m1/s1. The van der Waals surface area contributed by atoms with Crippen LogP contribution in [-0.4, -0.2) is 29.0 Å². The number of carbonyl (C=O) groups is 2. The molecule has 1 aliphatic carbocycles. The summed E-state index contributed by atoms with van der Waals surface area (Å²) in [7, 11) is 1.39. The van der Waals surface area contributed by atoms with Gasteiger partial charge >= 0.3 is 5.97 Å². The maximum absolute atomic E-state index is 12.6. The highest BCUT2D eigenvalue weighted by molar-refractivity contribution is 6.31. The summed E-state index contributed by atoms with van der Waals surface area (Å²) in [5.41, 5.74) is 3.30. The molecule has 1 heterocycles. The molecule has 168 valence electrons. The molecular formula is C25H28ClN3O3. The zero-order valence-corrected chi connectivity index (χ0v) is 19.0. The first kappa shape index (κ1) is 22.3. The van der Waals surface area contributed by atoms with Crippen molar-refractivity contribution in [2.24, 2.45) is 11.8 Å². The Kier molecular flexibility index (Phi) is 7.10. The molecule has 32 heavy (non-hydrogen) atoms. The average molecular weight is 454 g/mol. The third-order valence-electron chi connectivity index (χ3n) is 6.19. The van der Waals surface area contributed by atoms with Gasteiger partial charge in [-0.25, -0.2) is 4.98 Å². The third-order valence-corrected chi connectivity index (χ3v) is 6.43. The lowest BCUT2D eigenvalue weighted by Crippen LogP contribution is -2.26. The van der Waals surface area contributed by atoms with Crippen molar-refractivity contribution in [3.8, 4) is 11.4 Å². The van der Waals surface area contributed by atoms with Gasteiger partial charge in [-0.1, -0.05) is 43.7 Å². The molecule has 2 N–H and O–H groups in total. The van der Waals surface area contributed by atoms with Crippen LogP contribution in [0.4, 0.5) is 5.69 Å². The number of ether oxygens (including phenoxy) is 1. The molecule has 0 spiro atoms. The number of hydrogen-bond acceptors (Lipinski definition) is 4.